The molecule has 0 atom stereocenters. The molecule has 1 aromatic carbocycles. The third-order valence-electron chi connectivity index (χ3n) is 2.13. The predicted molar refractivity (Wildman–Crippen MR) is 59.1 cm³/mol. The summed E-state index contributed by atoms with van der Waals surface area (Å²) in [5.41, 5.74) is 2.67. The Labute approximate surface area is 92.1 Å². The highest BCUT2D eigenvalue weighted by Crippen LogP contribution is 2.07. The summed E-state index contributed by atoms with van der Waals surface area (Å²) >= 11 is 1.06. The van der Waals surface area contributed by atoms with E-state index in [1.807, 2.05) is 31.2 Å². The van der Waals surface area contributed by atoms with Crippen molar-refractivity contribution in [2.24, 2.45) is 0 Å². The molecule has 0 aliphatic carbocycles. The minimum Gasteiger partial charge on any atom is -0.292 e. The summed E-state index contributed by atoms with van der Waals surface area (Å²) in [5, 5.41) is 0. The van der Waals surface area contributed by atoms with Crippen molar-refractivity contribution in [1.29, 1.82) is 0 Å². The maximum atomic E-state index is 11.7. The summed E-state index contributed by atoms with van der Waals surface area (Å²) in [6.07, 6.45) is 1.91. The first-order chi connectivity index (χ1) is 7.25. The summed E-state index contributed by atoms with van der Waals surface area (Å²) in [7, 11) is 0. The minimum absolute atomic E-state index is 0.0209. The number of Topliss-reactive ketones (excluding diaryl/α,β-unsaturated/α-hetero) is 1. The van der Waals surface area contributed by atoms with E-state index < -0.39 is 0 Å². The average Bonchev–Trinajstić information content (AvgIpc) is 2.74. The first kappa shape index (κ1) is 9.98. The van der Waals surface area contributed by atoms with Crippen LogP contribution >= 0.6 is 11.7 Å². The van der Waals surface area contributed by atoms with Gasteiger partial charge in [0.1, 0.15) is 5.69 Å². The van der Waals surface area contributed by atoms with Crippen LogP contribution in [0.2, 0.25) is 0 Å². The summed E-state index contributed by atoms with van der Waals surface area (Å²) < 4.78 is 7.72. The number of carbonyl (C=O) groups is 1. The Morgan fingerprint density at radius 3 is 2.67 bits per heavy atom. The van der Waals surface area contributed by atoms with Gasteiger partial charge in [0.15, 0.2) is 5.78 Å². The van der Waals surface area contributed by atoms with Gasteiger partial charge in [0.05, 0.1) is 17.9 Å². The highest BCUT2D eigenvalue weighted by atomic mass is 32.1. The van der Waals surface area contributed by atoms with Gasteiger partial charge in [-0.15, -0.1) is 0 Å². The molecule has 0 saturated heterocycles. The first-order valence-corrected chi connectivity index (χ1v) is 5.35. The van der Waals surface area contributed by atoms with Gasteiger partial charge in [-0.3, -0.25) is 4.79 Å². The molecular formula is C11H10N2OS. The van der Waals surface area contributed by atoms with Crippen LogP contribution in [0.1, 0.15) is 21.6 Å². The molecule has 76 valence electrons. The maximum Gasteiger partial charge on any atom is 0.188 e. The second kappa shape index (κ2) is 4.31. The van der Waals surface area contributed by atoms with Gasteiger partial charge in [0.2, 0.25) is 0 Å². The number of aryl methyl sites for hydroxylation is 1. The molecule has 0 unspecified atom stereocenters. The lowest BCUT2D eigenvalue weighted by atomic mass is 10.1. The van der Waals surface area contributed by atoms with Crippen molar-refractivity contribution in [3.05, 3.63) is 47.3 Å². The molecule has 0 spiro atoms. The number of rotatable bonds is 3. The zero-order valence-corrected chi connectivity index (χ0v) is 9.12. The smallest absolute Gasteiger partial charge is 0.188 e. The van der Waals surface area contributed by atoms with Crippen molar-refractivity contribution in [3.63, 3.8) is 0 Å². The van der Waals surface area contributed by atoms with Gasteiger partial charge >= 0.3 is 0 Å². The number of hydrogen-bond donors (Lipinski definition) is 0. The Morgan fingerprint density at radius 2 is 2.07 bits per heavy atom. The lowest BCUT2D eigenvalue weighted by Crippen LogP contribution is -2.03. The maximum absolute atomic E-state index is 11.7. The van der Waals surface area contributed by atoms with Gasteiger partial charge in [-0.25, -0.2) is 0 Å². The molecule has 0 saturated carbocycles. The van der Waals surface area contributed by atoms with E-state index in [1.165, 1.54) is 11.8 Å². The Bertz CT molecular complexity index is 448. The van der Waals surface area contributed by atoms with Crippen molar-refractivity contribution in [2.75, 3.05) is 0 Å². The largest absolute Gasteiger partial charge is 0.292 e. The van der Waals surface area contributed by atoms with Gasteiger partial charge in [-0.2, -0.15) is 8.75 Å². The number of benzene rings is 1. The van der Waals surface area contributed by atoms with E-state index in [4.69, 9.17) is 0 Å². The molecule has 0 N–H and O–H groups in total. The normalized spacial score (nSPS) is 10.2. The number of aromatic nitrogens is 2. The van der Waals surface area contributed by atoms with Crippen molar-refractivity contribution in [1.82, 2.24) is 8.75 Å². The molecule has 2 aromatic rings. The minimum atomic E-state index is 0.0209. The molecule has 4 heteroatoms. The Hall–Kier alpha value is -1.55. The monoisotopic (exact) mass is 218 g/mol. The van der Waals surface area contributed by atoms with Crippen LogP contribution in [0.4, 0.5) is 0 Å². The van der Waals surface area contributed by atoms with Crippen LogP contribution in [-0.2, 0) is 6.42 Å². The van der Waals surface area contributed by atoms with Crippen molar-refractivity contribution >= 4 is 17.5 Å². The molecular weight excluding hydrogens is 208 g/mol. The van der Waals surface area contributed by atoms with Crippen LogP contribution in [-0.4, -0.2) is 14.5 Å². The lowest BCUT2D eigenvalue weighted by molar-refractivity contribution is 0.0989. The van der Waals surface area contributed by atoms with Crippen molar-refractivity contribution in [3.8, 4) is 0 Å². The third kappa shape index (κ3) is 2.47. The van der Waals surface area contributed by atoms with E-state index in [1.54, 1.807) is 0 Å². The van der Waals surface area contributed by atoms with Crippen LogP contribution < -0.4 is 0 Å². The first-order valence-electron chi connectivity index (χ1n) is 4.62. The van der Waals surface area contributed by atoms with Gasteiger partial charge in [0, 0.05) is 6.42 Å². The average molecular weight is 218 g/mol. The summed E-state index contributed by atoms with van der Waals surface area (Å²) in [6.45, 7) is 2.02. The second-order valence-electron chi connectivity index (χ2n) is 3.38. The van der Waals surface area contributed by atoms with E-state index in [2.05, 4.69) is 8.75 Å². The number of nitrogens with zero attached hydrogens (tertiary/aromatic N) is 2. The zero-order chi connectivity index (χ0) is 10.7. The highest BCUT2D eigenvalue weighted by molar-refractivity contribution is 6.99. The van der Waals surface area contributed by atoms with Gasteiger partial charge < -0.3 is 0 Å². The highest BCUT2D eigenvalue weighted by Gasteiger charge is 2.09. The fraction of sp³-hybridized carbons (Fsp3) is 0.182. The summed E-state index contributed by atoms with van der Waals surface area (Å²) in [4.78, 5) is 11.7. The van der Waals surface area contributed by atoms with Crippen LogP contribution in [0.3, 0.4) is 0 Å². The molecule has 1 heterocycles. The van der Waals surface area contributed by atoms with E-state index in [0.29, 0.717) is 12.1 Å². The molecule has 1 aromatic heterocycles. The molecule has 0 bridgehead atoms. The Balaban J connectivity index is 2.09. The third-order valence-corrected chi connectivity index (χ3v) is 2.61. The second-order valence-corrected chi connectivity index (χ2v) is 3.93. The molecule has 0 radical (unpaired) electrons. The van der Waals surface area contributed by atoms with Crippen molar-refractivity contribution < 1.29 is 4.79 Å². The molecule has 15 heavy (non-hydrogen) atoms. The van der Waals surface area contributed by atoms with Crippen molar-refractivity contribution in [2.45, 2.75) is 13.3 Å². The summed E-state index contributed by atoms with van der Waals surface area (Å²) in [6, 6.07) is 7.93. The fourth-order valence-corrected chi connectivity index (χ4v) is 1.70. The van der Waals surface area contributed by atoms with Gasteiger partial charge in [-0.1, -0.05) is 29.8 Å². The van der Waals surface area contributed by atoms with E-state index >= 15 is 0 Å². The fourth-order valence-electron chi connectivity index (χ4n) is 1.27. The molecule has 2 rings (SSSR count). The van der Waals surface area contributed by atoms with Crippen LogP contribution in [0.25, 0.3) is 0 Å². The zero-order valence-electron chi connectivity index (χ0n) is 8.30. The molecule has 0 fully saturated rings. The van der Waals surface area contributed by atoms with Gasteiger partial charge in [-0.05, 0) is 12.5 Å². The standard InChI is InChI=1S/C11H10N2OS/c1-8-2-4-9(5-3-8)6-11(14)10-7-12-15-13-10/h2-5,7H,6H2,1H3. The topological polar surface area (TPSA) is 42.9 Å². The van der Waals surface area contributed by atoms with Gasteiger partial charge in [0.25, 0.3) is 0 Å². The van der Waals surface area contributed by atoms with E-state index in [0.717, 1.165) is 17.3 Å². The van der Waals surface area contributed by atoms with Crippen LogP contribution in [0.5, 0.6) is 0 Å². The quantitative estimate of drug-likeness (QED) is 0.742. The lowest BCUT2D eigenvalue weighted by Gasteiger charge is -1.98. The SMILES string of the molecule is Cc1ccc(CC(=O)c2cnsn2)cc1. The number of hydrogen-bond acceptors (Lipinski definition) is 4. The predicted octanol–water partition coefficient (Wildman–Crippen LogP) is 2.27. The number of ketones is 1. The molecule has 0 aliphatic rings. The number of carbonyl (C=O) groups excluding carboxylic acids is 1. The molecule has 0 aliphatic heterocycles. The summed E-state index contributed by atoms with van der Waals surface area (Å²) in [5.74, 6) is 0.0209. The van der Waals surface area contributed by atoms with Crippen LogP contribution in [0, 0.1) is 6.92 Å². The molecule has 0 amide bonds. The van der Waals surface area contributed by atoms with E-state index in [-0.39, 0.29) is 5.78 Å². The van der Waals surface area contributed by atoms with Crippen LogP contribution in [0.15, 0.2) is 30.5 Å². The Kier molecular flexibility index (Phi) is 2.87. The Morgan fingerprint density at radius 1 is 1.33 bits per heavy atom. The van der Waals surface area contributed by atoms with E-state index in [9.17, 15) is 4.79 Å². The molecule has 3 nitrogen and oxygen atoms in total.